The van der Waals surface area contributed by atoms with Crippen molar-refractivity contribution in [3.05, 3.63) is 0 Å². The second-order valence-corrected chi connectivity index (χ2v) is 1.02. The maximum absolute atomic E-state index is 8.17. The van der Waals surface area contributed by atoms with Crippen molar-refractivity contribution in [2.45, 2.75) is 6.10 Å². The van der Waals surface area contributed by atoms with Gasteiger partial charge in [-0.1, -0.05) is 0 Å². The molecular weight excluding hydrogens is 199 g/mol. The third-order valence-electron chi connectivity index (χ3n) is 0.421. The predicted molar refractivity (Wildman–Crippen MR) is 30.1 cm³/mol. The number of aliphatic hydroxyl groups excluding tert-OH is 3. The second kappa shape index (κ2) is 6.75. The number of rotatable bonds is 2. The summed E-state index contributed by atoms with van der Waals surface area (Å²) in [6.45, 7) is -0.729. The van der Waals surface area contributed by atoms with Gasteiger partial charge >= 0.3 is 25.8 Å². The van der Waals surface area contributed by atoms with Gasteiger partial charge in [-0.2, -0.15) is 0 Å². The van der Waals surface area contributed by atoms with Crippen molar-refractivity contribution >= 4 is 25.8 Å². The van der Waals surface area contributed by atoms with E-state index in [4.69, 9.17) is 15.3 Å². The molecule has 3 N–H and O–H groups in total. The SMILES string of the molecule is OCC(O)CO.[InH3]. The van der Waals surface area contributed by atoms with Crippen LogP contribution in [0.25, 0.3) is 0 Å². The molecule has 0 saturated carbocycles. The molecule has 7 heavy (non-hydrogen) atoms. The van der Waals surface area contributed by atoms with Crippen molar-refractivity contribution < 1.29 is 15.3 Å². The quantitative estimate of drug-likeness (QED) is 0.459. The van der Waals surface area contributed by atoms with E-state index in [1.54, 1.807) is 0 Å². The summed E-state index contributed by atoms with van der Waals surface area (Å²) in [7, 11) is 0. The first-order valence-corrected chi connectivity index (χ1v) is 1.71. The van der Waals surface area contributed by atoms with Gasteiger partial charge in [0.05, 0.1) is 13.2 Å². The average molecular weight is 210 g/mol. The van der Waals surface area contributed by atoms with Gasteiger partial charge in [-0.25, -0.2) is 0 Å². The Bertz CT molecular complexity index is 29.4. The zero-order valence-corrected chi connectivity index (χ0v) is 3.33. The Balaban J connectivity index is 0. The molecule has 0 bridgehead atoms. The van der Waals surface area contributed by atoms with Gasteiger partial charge in [0.2, 0.25) is 0 Å². The Hall–Kier alpha value is 0.750. The molecule has 0 saturated heterocycles. The van der Waals surface area contributed by atoms with Crippen LogP contribution in [-0.4, -0.2) is 60.5 Å². The Labute approximate surface area is 60.8 Å². The normalized spacial score (nSPS) is 8.57. The van der Waals surface area contributed by atoms with E-state index in [0.29, 0.717) is 0 Å². The van der Waals surface area contributed by atoms with Crippen LogP contribution in [0, 0.1) is 0 Å². The summed E-state index contributed by atoms with van der Waals surface area (Å²) in [5.74, 6) is 0. The Morgan fingerprint density at radius 3 is 1.43 bits per heavy atom. The molecule has 0 aliphatic heterocycles. The summed E-state index contributed by atoms with van der Waals surface area (Å²) < 4.78 is 0. The fourth-order valence-electron chi connectivity index (χ4n) is 0.0577. The fourth-order valence-corrected chi connectivity index (χ4v) is 0.0577. The zero-order chi connectivity index (χ0) is 4.99. The second-order valence-electron chi connectivity index (χ2n) is 1.02. The van der Waals surface area contributed by atoms with Gasteiger partial charge in [0, 0.05) is 0 Å². The van der Waals surface area contributed by atoms with E-state index < -0.39 is 6.10 Å². The summed E-state index contributed by atoms with van der Waals surface area (Å²) in [6.07, 6.45) is -0.954. The number of hydrogen-bond acceptors (Lipinski definition) is 3. The molecule has 3 nitrogen and oxygen atoms in total. The molecule has 0 unspecified atom stereocenters. The molecule has 0 aliphatic carbocycles. The van der Waals surface area contributed by atoms with E-state index in [9.17, 15) is 0 Å². The summed E-state index contributed by atoms with van der Waals surface area (Å²) in [4.78, 5) is 0. The zero-order valence-electron chi connectivity index (χ0n) is 3.33. The van der Waals surface area contributed by atoms with Crippen molar-refractivity contribution in [3.8, 4) is 0 Å². The topological polar surface area (TPSA) is 60.7 Å². The molecule has 0 aromatic carbocycles. The average Bonchev–Trinajstić information content (AvgIpc) is 1.65. The Kier molecular flexibility index (Phi) is 10.3. The summed E-state index contributed by atoms with van der Waals surface area (Å²) in [5.41, 5.74) is 0. The molecule has 0 aliphatic rings. The van der Waals surface area contributed by atoms with Gasteiger partial charge in [-0.05, 0) is 0 Å². The van der Waals surface area contributed by atoms with Crippen LogP contribution in [0.5, 0.6) is 0 Å². The van der Waals surface area contributed by atoms with Crippen molar-refractivity contribution in [1.29, 1.82) is 0 Å². The van der Waals surface area contributed by atoms with Crippen molar-refractivity contribution in [3.63, 3.8) is 0 Å². The van der Waals surface area contributed by atoms with Crippen molar-refractivity contribution in [1.82, 2.24) is 0 Å². The third-order valence-corrected chi connectivity index (χ3v) is 0.421. The first kappa shape index (κ1) is 10.7. The minimum atomic E-state index is -0.954. The third kappa shape index (κ3) is 6.75. The fraction of sp³-hybridized carbons (Fsp3) is 1.00. The van der Waals surface area contributed by atoms with E-state index in [1.807, 2.05) is 0 Å². The molecule has 0 fully saturated rings. The van der Waals surface area contributed by atoms with Crippen LogP contribution in [0.1, 0.15) is 0 Å². The molecule has 0 aromatic heterocycles. The molecule has 0 heterocycles. The molecule has 0 spiro atoms. The van der Waals surface area contributed by atoms with Crippen LogP contribution in [0.15, 0.2) is 0 Å². The maximum atomic E-state index is 8.17. The van der Waals surface area contributed by atoms with Crippen LogP contribution in [0.2, 0.25) is 0 Å². The minimum absolute atomic E-state index is 0. The van der Waals surface area contributed by atoms with Crippen LogP contribution >= 0.6 is 0 Å². The predicted octanol–water partition coefficient (Wildman–Crippen LogP) is -2.85. The van der Waals surface area contributed by atoms with Crippen LogP contribution < -0.4 is 0 Å². The van der Waals surface area contributed by atoms with Crippen LogP contribution in [-0.2, 0) is 0 Å². The van der Waals surface area contributed by atoms with Crippen molar-refractivity contribution in [2.24, 2.45) is 0 Å². The molecule has 44 valence electrons. The summed E-state index contributed by atoms with van der Waals surface area (Å²) in [5, 5.41) is 24.0. The first-order chi connectivity index (χ1) is 2.81. The van der Waals surface area contributed by atoms with Crippen LogP contribution in [0.4, 0.5) is 0 Å². The van der Waals surface area contributed by atoms with Gasteiger partial charge in [0.15, 0.2) is 0 Å². The van der Waals surface area contributed by atoms with Crippen molar-refractivity contribution in [2.75, 3.05) is 13.2 Å². The van der Waals surface area contributed by atoms with Gasteiger partial charge in [-0.3, -0.25) is 0 Å². The Morgan fingerprint density at radius 2 is 1.43 bits per heavy atom. The Morgan fingerprint density at radius 1 is 1.14 bits per heavy atom. The van der Waals surface area contributed by atoms with Gasteiger partial charge in [-0.15, -0.1) is 0 Å². The number of aliphatic hydroxyl groups is 3. The summed E-state index contributed by atoms with van der Waals surface area (Å²) in [6, 6.07) is 0. The molecule has 0 rings (SSSR count). The van der Waals surface area contributed by atoms with E-state index in [2.05, 4.69) is 0 Å². The monoisotopic (exact) mass is 210 g/mol. The molecule has 4 heteroatoms. The van der Waals surface area contributed by atoms with Crippen LogP contribution in [0.3, 0.4) is 0 Å². The first-order valence-electron chi connectivity index (χ1n) is 1.71. The van der Waals surface area contributed by atoms with E-state index in [1.165, 1.54) is 0 Å². The van der Waals surface area contributed by atoms with E-state index >= 15 is 0 Å². The standard InChI is InChI=1S/C3H8O3.In.3H/c4-1-3(6)2-5;;;;/h3-6H,1-2H2;;;;. The molecule has 0 aromatic rings. The van der Waals surface area contributed by atoms with E-state index in [-0.39, 0.29) is 39.1 Å². The van der Waals surface area contributed by atoms with Gasteiger partial charge in [0.25, 0.3) is 0 Å². The number of hydrogen-bond donors (Lipinski definition) is 3. The molecular formula is C3H11InO3. The van der Waals surface area contributed by atoms with Gasteiger partial charge < -0.3 is 15.3 Å². The van der Waals surface area contributed by atoms with E-state index in [0.717, 1.165) is 0 Å². The molecule has 0 radical (unpaired) electrons. The molecule has 0 atom stereocenters. The summed E-state index contributed by atoms with van der Waals surface area (Å²) >= 11 is 0. The van der Waals surface area contributed by atoms with Gasteiger partial charge in [0.1, 0.15) is 6.10 Å². The molecule has 0 amide bonds.